The summed E-state index contributed by atoms with van der Waals surface area (Å²) in [5, 5.41) is 21.2. The van der Waals surface area contributed by atoms with Crippen molar-refractivity contribution < 1.29 is 14.7 Å². The maximum Gasteiger partial charge on any atom is 0.178 e. The molecule has 9 atom stereocenters. The number of aliphatic hydroxyl groups is 1. The number of aliphatic hydroxyl groups excluding tert-OH is 1. The Morgan fingerprint density at radius 3 is 2.27 bits per heavy atom. The summed E-state index contributed by atoms with van der Waals surface area (Å²) in [7, 11) is 0. The SMILES string of the molecule is CC1(C)CC[C@]2(C(O)CCl)CC[C@]3(C)C(C(=O)C[C@@H]4[C@@]5(C)C=C(C#N)C(=O)C(C)(C)[C@@H]5CC[C@]43C)C2C1. The van der Waals surface area contributed by atoms with Gasteiger partial charge in [0.2, 0.25) is 0 Å². The van der Waals surface area contributed by atoms with E-state index in [4.69, 9.17) is 11.6 Å². The molecule has 0 saturated heterocycles. The van der Waals surface area contributed by atoms with Gasteiger partial charge >= 0.3 is 0 Å². The zero-order valence-electron chi connectivity index (χ0n) is 23.9. The Bertz CT molecular complexity index is 1100. The summed E-state index contributed by atoms with van der Waals surface area (Å²) in [6.45, 7) is 15.7. The van der Waals surface area contributed by atoms with Gasteiger partial charge in [-0.25, -0.2) is 0 Å². The molecule has 5 rings (SSSR count). The fourth-order valence-electron chi connectivity index (χ4n) is 11.1. The highest BCUT2D eigenvalue weighted by molar-refractivity contribution is 6.18. The number of halogens is 1. The van der Waals surface area contributed by atoms with E-state index in [1.54, 1.807) is 0 Å². The van der Waals surface area contributed by atoms with E-state index in [2.05, 4.69) is 40.7 Å². The first kappa shape index (κ1) is 27.4. The van der Waals surface area contributed by atoms with Gasteiger partial charge in [-0.15, -0.1) is 11.6 Å². The number of rotatable bonds is 2. The Labute approximate surface area is 228 Å². The lowest BCUT2D eigenvalue weighted by atomic mass is 9.31. The molecule has 0 heterocycles. The smallest absolute Gasteiger partial charge is 0.178 e. The van der Waals surface area contributed by atoms with Crippen LogP contribution in [0, 0.1) is 67.5 Å². The number of fused-ring (bicyclic) bond motifs is 7. The van der Waals surface area contributed by atoms with Gasteiger partial charge in [-0.1, -0.05) is 54.5 Å². The average Bonchev–Trinajstić information content (AvgIpc) is 2.82. The molecule has 4 nitrogen and oxygen atoms in total. The fourth-order valence-corrected chi connectivity index (χ4v) is 11.4. The summed E-state index contributed by atoms with van der Waals surface area (Å²) < 4.78 is 0. The van der Waals surface area contributed by atoms with E-state index >= 15 is 0 Å². The minimum atomic E-state index is -0.615. The highest BCUT2D eigenvalue weighted by Gasteiger charge is 2.72. The van der Waals surface area contributed by atoms with Crippen molar-refractivity contribution in [3.8, 4) is 6.07 Å². The third-order valence-corrected chi connectivity index (χ3v) is 13.6. The van der Waals surface area contributed by atoms with Crippen LogP contribution in [0.4, 0.5) is 0 Å². The van der Waals surface area contributed by atoms with Crippen LogP contribution in [0.15, 0.2) is 11.6 Å². The van der Waals surface area contributed by atoms with Crippen LogP contribution in [-0.2, 0) is 9.59 Å². The number of nitrogens with zero attached hydrogens (tertiary/aromatic N) is 1. The second-order valence-corrected chi connectivity index (χ2v) is 15.9. The predicted molar refractivity (Wildman–Crippen MR) is 146 cm³/mol. The molecule has 204 valence electrons. The predicted octanol–water partition coefficient (Wildman–Crippen LogP) is 6.89. The summed E-state index contributed by atoms with van der Waals surface area (Å²) >= 11 is 6.32. The molecule has 5 heteroatoms. The summed E-state index contributed by atoms with van der Waals surface area (Å²) in [6, 6.07) is 2.21. The Balaban J connectivity index is 1.64. The van der Waals surface area contributed by atoms with Crippen LogP contribution >= 0.6 is 11.6 Å². The van der Waals surface area contributed by atoms with Crippen LogP contribution in [0.1, 0.15) is 99.8 Å². The van der Waals surface area contributed by atoms with Gasteiger partial charge in [-0.3, -0.25) is 9.59 Å². The summed E-state index contributed by atoms with van der Waals surface area (Å²) in [6.07, 6.45) is 8.57. The lowest BCUT2D eigenvalue weighted by Gasteiger charge is -2.72. The number of Topliss-reactive ketones (excluding diaryl/α,β-unsaturated/α-hetero) is 2. The van der Waals surface area contributed by atoms with Crippen molar-refractivity contribution in [1.29, 1.82) is 5.26 Å². The van der Waals surface area contributed by atoms with Crippen molar-refractivity contribution >= 4 is 23.2 Å². The minimum absolute atomic E-state index is 0.0470. The zero-order valence-corrected chi connectivity index (χ0v) is 24.7. The average molecular weight is 528 g/mol. The van der Waals surface area contributed by atoms with Gasteiger partial charge < -0.3 is 5.11 Å². The van der Waals surface area contributed by atoms with Crippen LogP contribution in [-0.4, -0.2) is 28.7 Å². The molecule has 0 amide bonds. The first-order valence-corrected chi connectivity index (χ1v) is 15.0. The molecule has 0 aromatic rings. The van der Waals surface area contributed by atoms with Crippen molar-refractivity contribution in [2.75, 3.05) is 5.88 Å². The molecule has 0 aromatic heterocycles. The van der Waals surface area contributed by atoms with Crippen molar-refractivity contribution in [2.24, 2.45) is 56.2 Å². The van der Waals surface area contributed by atoms with E-state index in [0.717, 1.165) is 44.9 Å². The van der Waals surface area contributed by atoms with Gasteiger partial charge in [0.05, 0.1) is 11.7 Å². The molecule has 5 aliphatic rings. The van der Waals surface area contributed by atoms with E-state index in [1.807, 2.05) is 19.9 Å². The second-order valence-electron chi connectivity index (χ2n) is 15.6. The molecule has 4 saturated carbocycles. The minimum Gasteiger partial charge on any atom is -0.391 e. The number of nitriles is 1. The number of ketones is 2. The van der Waals surface area contributed by atoms with Gasteiger partial charge in [0.25, 0.3) is 0 Å². The van der Waals surface area contributed by atoms with Crippen molar-refractivity contribution in [3.05, 3.63) is 11.6 Å². The lowest BCUT2D eigenvalue weighted by molar-refractivity contribution is -0.232. The largest absolute Gasteiger partial charge is 0.391 e. The van der Waals surface area contributed by atoms with Gasteiger partial charge in [-0.2, -0.15) is 5.26 Å². The second kappa shape index (κ2) is 8.17. The van der Waals surface area contributed by atoms with Crippen LogP contribution < -0.4 is 0 Å². The number of carbonyl (C=O) groups is 2. The molecule has 0 spiro atoms. The first-order valence-electron chi connectivity index (χ1n) is 14.5. The summed E-state index contributed by atoms with van der Waals surface area (Å²) in [4.78, 5) is 27.7. The molecular weight excluding hydrogens is 482 g/mol. The summed E-state index contributed by atoms with van der Waals surface area (Å²) in [5.41, 5.74) is -1.15. The number of allylic oxidation sites excluding steroid dienone is 2. The van der Waals surface area contributed by atoms with E-state index in [-0.39, 0.29) is 68.0 Å². The number of carbonyl (C=O) groups excluding carboxylic acids is 2. The highest BCUT2D eigenvalue weighted by Crippen LogP contribution is 2.76. The van der Waals surface area contributed by atoms with Crippen LogP contribution in [0.5, 0.6) is 0 Å². The van der Waals surface area contributed by atoms with Crippen LogP contribution in [0.3, 0.4) is 0 Å². The number of hydrogen-bond donors (Lipinski definition) is 1. The van der Waals surface area contributed by atoms with Gasteiger partial charge in [0.15, 0.2) is 5.78 Å². The van der Waals surface area contributed by atoms with Gasteiger partial charge in [0, 0.05) is 29.0 Å². The molecule has 1 N–H and O–H groups in total. The quantitative estimate of drug-likeness (QED) is 0.397. The molecule has 0 bridgehead atoms. The molecule has 5 aliphatic carbocycles. The third-order valence-electron chi connectivity index (χ3n) is 13.3. The van der Waals surface area contributed by atoms with E-state index in [1.165, 1.54) is 0 Å². The topological polar surface area (TPSA) is 78.2 Å². The third kappa shape index (κ3) is 3.35. The van der Waals surface area contributed by atoms with E-state index in [0.29, 0.717) is 12.2 Å². The Hall–Kier alpha value is -1.18. The van der Waals surface area contributed by atoms with Gasteiger partial charge in [-0.05, 0) is 84.4 Å². The Morgan fingerprint density at radius 1 is 1.00 bits per heavy atom. The molecule has 0 radical (unpaired) electrons. The van der Waals surface area contributed by atoms with Gasteiger partial charge in [0.1, 0.15) is 11.9 Å². The molecule has 3 unspecified atom stereocenters. The summed E-state index contributed by atoms with van der Waals surface area (Å²) in [5.74, 6) is 0.761. The Morgan fingerprint density at radius 2 is 1.65 bits per heavy atom. The first-order chi connectivity index (χ1) is 17.0. The van der Waals surface area contributed by atoms with Crippen LogP contribution in [0.25, 0.3) is 0 Å². The van der Waals surface area contributed by atoms with Crippen LogP contribution in [0.2, 0.25) is 0 Å². The molecule has 4 fully saturated rings. The van der Waals surface area contributed by atoms with Crippen molar-refractivity contribution in [3.63, 3.8) is 0 Å². The van der Waals surface area contributed by atoms with E-state index in [9.17, 15) is 20.0 Å². The zero-order chi connectivity index (χ0) is 27.4. The number of alkyl halides is 1. The van der Waals surface area contributed by atoms with Crippen molar-refractivity contribution in [1.82, 2.24) is 0 Å². The maximum absolute atomic E-state index is 14.5. The number of hydrogen-bond acceptors (Lipinski definition) is 4. The molecular formula is C32H46ClNO3. The molecule has 0 aromatic carbocycles. The standard InChI is InChI=1S/C32H46ClNO3/c1-27(2)10-12-32(24(36)17-33)13-11-31(7)25(20(32)16-27)21(35)14-23-29(5)15-19(18-34)26(37)28(3,4)22(29)8-9-30(23,31)6/h15,20,22-25,36H,8-14,16-17H2,1-7H3/t20?,22-,23+,24?,25?,29-,30+,31+,32-/m0/s1. The lowest BCUT2D eigenvalue weighted by Crippen LogP contribution is -2.69. The monoisotopic (exact) mass is 527 g/mol. The highest BCUT2D eigenvalue weighted by atomic mass is 35.5. The van der Waals surface area contributed by atoms with Crippen molar-refractivity contribution in [2.45, 2.75) is 106 Å². The molecule has 37 heavy (non-hydrogen) atoms. The fraction of sp³-hybridized carbons (Fsp3) is 0.844. The molecule has 0 aliphatic heterocycles. The van der Waals surface area contributed by atoms with E-state index < -0.39 is 11.5 Å². The maximum atomic E-state index is 14.5. The normalized spacial score (nSPS) is 48.9. The Kier molecular flexibility index (Phi) is 6.05.